The number of anilines is 3. The Balaban J connectivity index is 1.48. The Bertz CT molecular complexity index is 1120. The summed E-state index contributed by atoms with van der Waals surface area (Å²) in [5.41, 5.74) is 10.9. The molecule has 148 valence electrons. The molecule has 29 heavy (non-hydrogen) atoms. The van der Waals surface area contributed by atoms with Gasteiger partial charge < -0.3 is 26.8 Å². The molecule has 1 saturated carbocycles. The van der Waals surface area contributed by atoms with Gasteiger partial charge in [-0.3, -0.25) is 4.79 Å². The molecule has 0 aliphatic heterocycles. The van der Waals surface area contributed by atoms with Gasteiger partial charge in [-0.15, -0.1) is 0 Å². The summed E-state index contributed by atoms with van der Waals surface area (Å²) >= 11 is 0. The van der Waals surface area contributed by atoms with Crippen LogP contribution in [0.15, 0.2) is 24.5 Å². The molecule has 2 aliphatic rings. The minimum Gasteiger partial charge on any atom is -0.398 e. The molecule has 0 radical (unpaired) electrons. The highest BCUT2D eigenvalue weighted by Gasteiger charge is 2.32. The zero-order chi connectivity index (χ0) is 20.0. The van der Waals surface area contributed by atoms with Crippen LogP contribution in [0.3, 0.4) is 0 Å². The third-order valence-corrected chi connectivity index (χ3v) is 5.78. The summed E-state index contributed by atoms with van der Waals surface area (Å²) < 4.78 is 0. The molecule has 5 rings (SSSR count). The fourth-order valence-electron chi connectivity index (χ4n) is 4.02. The molecule has 0 saturated heterocycles. The van der Waals surface area contributed by atoms with Crippen LogP contribution in [-0.2, 0) is 17.6 Å². The molecule has 1 fully saturated rings. The summed E-state index contributed by atoms with van der Waals surface area (Å²) in [6, 6.07) is 5.83. The number of aromatic amines is 1. The molecular formula is C21H23N7O. The lowest BCUT2D eigenvalue weighted by molar-refractivity contribution is -0.125. The molecule has 6 N–H and O–H groups in total. The van der Waals surface area contributed by atoms with E-state index in [9.17, 15) is 4.79 Å². The summed E-state index contributed by atoms with van der Waals surface area (Å²) in [4.78, 5) is 24.9. The Labute approximate surface area is 167 Å². The summed E-state index contributed by atoms with van der Waals surface area (Å²) in [5, 5.41) is 14.9. The summed E-state index contributed by atoms with van der Waals surface area (Å²) in [5.74, 6) is 0.834. The van der Waals surface area contributed by atoms with E-state index >= 15 is 0 Å². The number of rotatable bonds is 5. The number of aromatic nitrogens is 3. The molecule has 1 atom stereocenters. The van der Waals surface area contributed by atoms with Gasteiger partial charge in [-0.05, 0) is 55.9 Å². The quantitative estimate of drug-likeness (QED) is 0.338. The Morgan fingerprint density at radius 2 is 2.14 bits per heavy atom. The maximum Gasteiger partial charge on any atom is 0.223 e. The fourth-order valence-corrected chi connectivity index (χ4v) is 4.02. The van der Waals surface area contributed by atoms with Crippen molar-refractivity contribution in [2.24, 2.45) is 5.92 Å². The molecular weight excluding hydrogens is 366 g/mol. The molecule has 0 bridgehead atoms. The Morgan fingerprint density at radius 3 is 2.93 bits per heavy atom. The summed E-state index contributed by atoms with van der Waals surface area (Å²) in [6.45, 7) is 0. The third-order valence-electron chi connectivity index (χ3n) is 5.78. The standard InChI is InChI=1S/C21H23N7O/c22-9-12-7-14(4-5-16(12)23)26-19-18-15-8-11(21(29)27-13-2-3-13)1-6-17(15)28-20(18)25-10-24-19/h4-5,7,9-11,13,22H,1-3,6,8,23H2,(H,27,29)(H2,24,25,26,28). The minimum atomic E-state index is -0.0174. The highest BCUT2D eigenvalue weighted by molar-refractivity contribution is 5.95. The monoisotopic (exact) mass is 389 g/mol. The van der Waals surface area contributed by atoms with Crippen LogP contribution >= 0.6 is 0 Å². The molecule has 8 heteroatoms. The molecule has 1 amide bonds. The number of H-pyrrole nitrogens is 1. The van der Waals surface area contributed by atoms with Gasteiger partial charge in [0.1, 0.15) is 17.8 Å². The maximum atomic E-state index is 12.6. The lowest BCUT2D eigenvalue weighted by Crippen LogP contribution is -2.35. The van der Waals surface area contributed by atoms with E-state index in [0.717, 1.165) is 53.7 Å². The number of nitrogens with one attached hydrogen (secondary N) is 4. The van der Waals surface area contributed by atoms with Gasteiger partial charge in [0.05, 0.1) is 5.39 Å². The lowest BCUT2D eigenvalue weighted by atomic mass is 9.86. The highest BCUT2D eigenvalue weighted by Crippen LogP contribution is 2.35. The number of nitrogens with zero attached hydrogens (tertiary/aromatic N) is 2. The van der Waals surface area contributed by atoms with Crippen molar-refractivity contribution < 1.29 is 4.79 Å². The van der Waals surface area contributed by atoms with Gasteiger partial charge >= 0.3 is 0 Å². The zero-order valence-corrected chi connectivity index (χ0v) is 16.0. The molecule has 2 aromatic heterocycles. The Kier molecular flexibility index (Phi) is 4.19. The second-order valence-corrected chi connectivity index (χ2v) is 7.86. The molecule has 3 aromatic rings. The first-order valence-electron chi connectivity index (χ1n) is 9.94. The van der Waals surface area contributed by atoms with Crippen molar-refractivity contribution in [3.8, 4) is 0 Å². The largest absolute Gasteiger partial charge is 0.398 e. The van der Waals surface area contributed by atoms with Crippen LogP contribution in [0.5, 0.6) is 0 Å². The topological polar surface area (TPSA) is 133 Å². The van der Waals surface area contributed by atoms with E-state index in [1.54, 1.807) is 6.07 Å². The smallest absolute Gasteiger partial charge is 0.223 e. The van der Waals surface area contributed by atoms with Crippen molar-refractivity contribution in [3.05, 3.63) is 41.3 Å². The van der Waals surface area contributed by atoms with Gasteiger partial charge in [-0.1, -0.05) is 0 Å². The van der Waals surface area contributed by atoms with Gasteiger partial charge in [-0.25, -0.2) is 9.97 Å². The van der Waals surface area contributed by atoms with Crippen LogP contribution in [0, 0.1) is 11.3 Å². The van der Waals surface area contributed by atoms with E-state index in [2.05, 4.69) is 25.6 Å². The maximum absolute atomic E-state index is 12.6. The minimum absolute atomic E-state index is 0.0174. The van der Waals surface area contributed by atoms with E-state index in [4.69, 9.17) is 11.1 Å². The van der Waals surface area contributed by atoms with Crippen LogP contribution < -0.4 is 16.4 Å². The predicted octanol–water partition coefficient (Wildman–Crippen LogP) is 2.66. The Morgan fingerprint density at radius 1 is 1.28 bits per heavy atom. The number of amides is 1. The number of benzene rings is 1. The van der Waals surface area contributed by atoms with Crippen LogP contribution in [0.25, 0.3) is 11.0 Å². The molecule has 1 aromatic carbocycles. The second-order valence-electron chi connectivity index (χ2n) is 7.86. The van der Waals surface area contributed by atoms with E-state index in [1.165, 1.54) is 12.5 Å². The lowest BCUT2D eigenvalue weighted by Gasteiger charge is -2.22. The number of carbonyl (C=O) groups excluding carboxylic acids is 1. The molecule has 8 nitrogen and oxygen atoms in total. The molecule has 2 heterocycles. The van der Waals surface area contributed by atoms with Gasteiger partial charge in [0, 0.05) is 40.8 Å². The predicted molar refractivity (Wildman–Crippen MR) is 113 cm³/mol. The van der Waals surface area contributed by atoms with Crippen LogP contribution in [-0.4, -0.2) is 33.1 Å². The van der Waals surface area contributed by atoms with Crippen LogP contribution in [0.2, 0.25) is 0 Å². The van der Waals surface area contributed by atoms with Gasteiger partial charge in [0.15, 0.2) is 0 Å². The average Bonchev–Trinajstić information content (AvgIpc) is 3.46. The second kappa shape index (κ2) is 6.88. The first-order valence-corrected chi connectivity index (χ1v) is 9.94. The molecule has 1 unspecified atom stereocenters. The van der Waals surface area contributed by atoms with Crippen molar-refractivity contribution >= 4 is 40.3 Å². The number of hydrogen-bond donors (Lipinski definition) is 5. The van der Waals surface area contributed by atoms with Gasteiger partial charge in [0.25, 0.3) is 0 Å². The van der Waals surface area contributed by atoms with E-state index < -0.39 is 0 Å². The van der Waals surface area contributed by atoms with Crippen molar-refractivity contribution in [3.63, 3.8) is 0 Å². The number of fused-ring (bicyclic) bond motifs is 3. The highest BCUT2D eigenvalue weighted by atomic mass is 16.2. The Hall–Kier alpha value is -3.42. The van der Waals surface area contributed by atoms with Crippen molar-refractivity contribution in [2.45, 2.75) is 38.1 Å². The fraction of sp³-hybridized carbons (Fsp3) is 0.333. The average molecular weight is 389 g/mol. The van der Waals surface area contributed by atoms with Gasteiger partial charge in [-0.2, -0.15) is 0 Å². The van der Waals surface area contributed by atoms with Gasteiger partial charge in [0.2, 0.25) is 5.91 Å². The number of nitrogens with two attached hydrogens (primary N) is 1. The third kappa shape index (κ3) is 3.30. The van der Waals surface area contributed by atoms with Crippen LogP contribution in [0.4, 0.5) is 17.2 Å². The summed E-state index contributed by atoms with van der Waals surface area (Å²) in [6.07, 6.45) is 7.30. The first-order chi connectivity index (χ1) is 14.1. The molecule has 0 spiro atoms. The van der Waals surface area contributed by atoms with Crippen LogP contribution in [0.1, 0.15) is 36.1 Å². The normalized spacial score (nSPS) is 18.3. The van der Waals surface area contributed by atoms with Crippen molar-refractivity contribution in [1.29, 1.82) is 5.41 Å². The van der Waals surface area contributed by atoms with E-state index in [1.807, 2.05) is 12.1 Å². The number of aryl methyl sites for hydroxylation is 1. The summed E-state index contributed by atoms with van der Waals surface area (Å²) in [7, 11) is 0. The van der Waals surface area contributed by atoms with Crippen molar-refractivity contribution in [1.82, 2.24) is 20.3 Å². The number of carbonyl (C=O) groups is 1. The zero-order valence-electron chi connectivity index (χ0n) is 16.0. The van der Waals surface area contributed by atoms with E-state index in [0.29, 0.717) is 29.5 Å². The van der Waals surface area contributed by atoms with E-state index in [-0.39, 0.29) is 11.8 Å². The number of nitrogen functional groups attached to an aromatic ring is 1. The first kappa shape index (κ1) is 17.7. The SMILES string of the molecule is N=Cc1cc(Nc2ncnc3[nH]c4c(c23)CC(C(=O)NC2CC2)CC4)ccc1N. The van der Waals surface area contributed by atoms with Crippen molar-refractivity contribution in [2.75, 3.05) is 11.1 Å². The number of hydrogen-bond acceptors (Lipinski definition) is 6. The molecule has 2 aliphatic carbocycles.